The maximum absolute atomic E-state index is 6.16. The Morgan fingerprint density at radius 2 is 2.10 bits per heavy atom. The van der Waals surface area contributed by atoms with Crippen molar-refractivity contribution in [2.24, 2.45) is 5.92 Å². The first-order valence-corrected chi connectivity index (χ1v) is 8.54. The van der Waals surface area contributed by atoms with E-state index in [1.54, 1.807) is 11.3 Å². The molecule has 1 aliphatic carbocycles. The Hall–Kier alpha value is -1.20. The zero-order valence-corrected chi connectivity index (χ0v) is 13.8. The summed E-state index contributed by atoms with van der Waals surface area (Å²) in [6, 6.07) is 2.06. The van der Waals surface area contributed by atoms with Crippen LogP contribution in [-0.2, 0) is 10.3 Å². The lowest BCUT2D eigenvalue weighted by Gasteiger charge is -2.37. The summed E-state index contributed by atoms with van der Waals surface area (Å²) < 4.78 is 6.14. The molecule has 0 spiro atoms. The first kappa shape index (κ1) is 14.7. The molecule has 0 aliphatic heterocycles. The molecule has 5 heteroatoms. The molecular formula is C16H23N3OS. The molecule has 2 aromatic heterocycles. The maximum atomic E-state index is 6.16. The zero-order chi connectivity index (χ0) is 15.0. The lowest BCUT2D eigenvalue weighted by atomic mass is 9.79. The van der Waals surface area contributed by atoms with E-state index in [0.717, 1.165) is 47.6 Å². The van der Waals surface area contributed by atoms with E-state index in [0.29, 0.717) is 12.4 Å². The maximum Gasteiger partial charge on any atom is 0.164 e. The number of aryl methyl sites for hydroxylation is 1. The van der Waals surface area contributed by atoms with E-state index >= 15 is 0 Å². The van der Waals surface area contributed by atoms with Crippen molar-refractivity contribution in [2.75, 3.05) is 12.3 Å². The lowest BCUT2D eigenvalue weighted by Crippen LogP contribution is -2.36. The molecule has 0 bridgehead atoms. The Bertz CT molecular complexity index is 644. The monoisotopic (exact) mass is 305 g/mol. The summed E-state index contributed by atoms with van der Waals surface area (Å²) in [6.07, 6.45) is 4.28. The van der Waals surface area contributed by atoms with Crippen molar-refractivity contribution in [3.8, 4) is 0 Å². The smallest absolute Gasteiger partial charge is 0.164 e. The average Bonchev–Trinajstić information content (AvgIpc) is 2.83. The lowest BCUT2D eigenvalue weighted by molar-refractivity contribution is -0.0833. The van der Waals surface area contributed by atoms with E-state index in [2.05, 4.69) is 24.9 Å². The molecule has 3 rings (SSSR count). The minimum absolute atomic E-state index is 0.346. The summed E-state index contributed by atoms with van der Waals surface area (Å²) in [7, 11) is 0. The van der Waals surface area contributed by atoms with E-state index < -0.39 is 0 Å². The van der Waals surface area contributed by atoms with Gasteiger partial charge in [-0.1, -0.05) is 6.92 Å². The Balaban J connectivity index is 2.06. The largest absolute Gasteiger partial charge is 0.383 e. The van der Waals surface area contributed by atoms with Gasteiger partial charge in [0.1, 0.15) is 16.2 Å². The highest BCUT2D eigenvalue weighted by Gasteiger charge is 2.39. The second kappa shape index (κ2) is 5.54. The van der Waals surface area contributed by atoms with Crippen LogP contribution < -0.4 is 5.73 Å². The fourth-order valence-corrected chi connectivity index (χ4v) is 4.09. The topological polar surface area (TPSA) is 61.0 Å². The normalized spacial score (nSPS) is 26.3. The van der Waals surface area contributed by atoms with Crippen molar-refractivity contribution in [3.63, 3.8) is 0 Å². The van der Waals surface area contributed by atoms with Gasteiger partial charge in [0.05, 0.1) is 5.39 Å². The number of nitrogen functional groups attached to an aromatic ring is 1. The molecule has 2 aromatic rings. The van der Waals surface area contributed by atoms with Crippen LogP contribution in [0.15, 0.2) is 6.07 Å². The molecule has 2 N–H and O–H groups in total. The zero-order valence-electron chi connectivity index (χ0n) is 13.0. The predicted molar refractivity (Wildman–Crippen MR) is 87.5 cm³/mol. The molecule has 1 fully saturated rings. The van der Waals surface area contributed by atoms with Crippen molar-refractivity contribution in [2.45, 2.75) is 52.1 Å². The molecule has 0 saturated heterocycles. The molecule has 0 aromatic carbocycles. The molecule has 1 saturated carbocycles. The number of anilines is 1. The number of nitrogens with zero attached hydrogens (tertiary/aromatic N) is 2. The van der Waals surface area contributed by atoms with Crippen molar-refractivity contribution >= 4 is 27.4 Å². The molecular weight excluding hydrogens is 282 g/mol. The number of rotatable bonds is 3. The highest BCUT2D eigenvalue weighted by molar-refractivity contribution is 7.18. The number of aromatic nitrogens is 2. The van der Waals surface area contributed by atoms with Crippen LogP contribution in [0.5, 0.6) is 0 Å². The van der Waals surface area contributed by atoms with Crippen molar-refractivity contribution < 1.29 is 4.74 Å². The van der Waals surface area contributed by atoms with Gasteiger partial charge < -0.3 is 10.5 Å². The van der Waals surface area contributed by atoms with Crippen LogP contribution in [0.25, 0.3) is 10.2 Å². The van der Waals surface area contributed by atoms with Crippen LogP contribution in [0.4, 0.5) is 5.82 Å². The quantitative estimate of drug-likeness (QED) is 0.930. The molecule has 0 radical (unpaired) electrons. The summed E-state index contributed by atoms with van der Waals surface area (Å²) in [5.41, 5.74) is 5.81. The summed E-state index contributed by atoms with van der Waals surface area (Å²) in [6.45, 7) is 7.10. The van der Waals surface area contributed by atoms with Crippen LogP contribution in [0, 0.1) is 12.8 Å². The summed E-state index contributed by atoms with van der Waals surface area (Å²) in [5.74, 6) is 2.11. The van der Waals surface area contributed by atoms with Gasteiger partial charge in [0.2, 0.25) is 0 Å². The van der Waals surface area contributed by atoms with Crippen LogP contribution in [0.3, 0.4) is 0 Å². The standard InChI is InChI=1S/C16H23N3OS/c1-4-20-16(7-5-10(2)6-8-16)15-18-13(17)12-9-11(3)21-14(12)19-15/h9-10H,4-8H2,1-3H3,(H2,17,18,19). The summed E-state index contributed by atoms with van der Waals surface area (Å²) in [5, 5.41) is 0.970. The first-order valence-electron chi connectivity index (χ1n) is 7.72. The van der Waals surface area contributed by atoms with Crippen LogP contribution in [0.1, 0.15) is 50.2 Å². The minimum atomic E-state index is -0.346. The van der Waals surface area contributed by atoms with Crippen LogP contribution in [0.2, 0.25) is 0 Å². The van der Waals surface area contributed by atoms with Crippen molar-refractivity contribution in [1.29, 1.82) is 0 Å². The number of nitrogens with two attached hydrogens (primary N) is 1. The van der Waals surface area contributed by atoms with Crippen molar-refractivity contribution in [3.05, 3.63) is 16.8 Å². The van der Waals surface area contributed by atoms with Gasteiger partial charge in [-0.2, -0.15) is 0 Å². The van der Waals surface area contributed by atoms with Crippen molar-refractivity contribution in [1.82, 2.24) is 9.97 Å². The van der Waals surface area contributed by atoms with Gasteiger partial charge in [0.15, 0.2) is 5.82 Å². The third kappa shape index (κ3) is 2.64. The molecule has 2 heterocycles. The molecule has 4 nitrogen and oxygen atoms in total. The number of ether oxygens (including phenoxy) is 1. The van der Waals surface area contributed by atoms with Crippen LogP contribution >= 0.6 is 11.3 Å². The van der Waals surface area contributed by atoms with E-state index in [9.17, 15) is 0 Å². The Labute approximate surface area is 129 Å². The number of thiophene rings is 1. The van der Waals surface area contributed by atoms with Crippen LogP contribution in [-0.4, -0.2) is 16.6 Å². The SMILES string of the molecule is CCOC1(c2nc(N)c3cc(C)sc3n2)CCC(C)CC1. The molecule has 21 heavy (non-hydrogen) atoms. The van der Waals surface area contributed by atoms with E-state index in [1.165, 1.54) is 4.88 Å². The van der Waals surface area contributed by atoms with E-state index in [4.69, 9.17) is 15.5 Å². The number of fused-ring (bicyclic) bond motifs is 1. The predicted octanol–water partition coefficient (Wildman–Crippen LogP) is 4.02. The molecule has 0 unspecified atom stereocenters. The average molecular weight is 305 g/mol. The molecule has 0 atom stereocenters. The Kier molecular flexibility index (Phi) is 3.88. The molecule has 1 aliphatic rings. The van der Waals surface area contributed by atoms with E-state index in [1.807, 2.05) is 6.92 Å². The van der Waals surface area contributed by atoms with Gasteiger partial charge in [-0.3, -0.25) is 0 Å². The Morgan fingerprint density at radius 3 is 2.76 bits per heavy atom. The highest BCUT2D eigenvalue weighted by Crippen LogP contribution is 2.42. The molecule has 0 amide bonds. The fraction of sp³-hybridized carbons (Fsp3) is 0.625. The van der Waals surface area contributed by atoms with Gasteiger partial charge in [0.25, 0.3) is 0 Å². The molecule has 114 valence electrons. The second-order valence-electron chi connectivity index (χ2n) is 6.12. The minimum Gasteiger partial charge on any atom is -0.383 e. The van der Waals surface area contributed by atoms with E-state index in [-0.39, 0.29) is 5.60 Å². The fourth-order valence-electron chi connectivity index (χ4n) is 3.20. The van der Waals surface area contributed by atoms with Gasteiger partial charge in [-0.25, -0.2) is 9.97 Å². The number of hydrogen-bond acceptors (Lipinski definition) is 5. The third-order valence-electron chi connectivity index (χ3n) is 4.46. The third-order valence-corrected chi connectivity index (χ3v) is 5.40. The van der Waals surface area contributed by atoms with Gasteiger partial charge >= 0.3 is 0 Å². The van der Waals surface area contributed by atoms with Gasteiger partial charge in [0, 0.05) is 11.5 Å². The summed E-state index contributed by atoms with van der Waals surface area (Å²) in [4.78, 5) is 11.6. The number of hydrogen-bond donors (Lipinski definition) is 1. The highest BCUT2D eigenvalue weighted by atomic mass is 32.1. The second-order valence-corrected chi connectivity index (χ2v) is 7.35. The first-order chi connectivity index (χ1) is 10.0. The Morgan fingerprint density at radius 1 is 1.38 bits per heavy atom. The summed E-state index contributed by atoms with van der Waals surface area (Å²) >= 11 is 1.68. The van der Waals surface area contributed by atoms with Gasteiger partial charge in [-0.05, 0) is 51.5 Å². The van der Waals surface area contributed by atoms with Gasteiger partial charge in [-0.15, -0.1) is 11.3 Å².